The van der Waals surface area contributed by atoms with Crippen LogP contribution in [0.4, 0.5) is 5.69 Å². The average Bonchev–Trinajstić information content (AvgIpc) is 3.56. The van der Waals surface area contributed by atoms with Gasteiger partial charge >= 0.3 is 0 Å². The molecule has 6 rings (SSSR count). The third kappa shape index (κ3) is 6.39. The van der Waals surface area contributed by atoms with E-state index in [1.54, 1.807) is 18.2 Å². The molecule has 0 saturated carbocycles. The number of fused-ring (bicyclic) bond motifs is 1. The van der Waals surface area contributed by atoms with Crippen molar-refractivity contribution in [3.05, 3.63) is 87.7 Å². The zero-order chi connectivity index (χ0) is 32.4. The Kier molecular flexibility index (Phi) is 9.42. The van der Waals surface area contributed by atoms with Gasteiger partial charge < -0.3 is 25.4 Å². The smallest absolute Gasteiger partial charge is 0.256 e. The molecule has 4 heterocycles. The molecule has 0 aliphatic carbocycles. The van der Waals surface area contributed by atoms with Gasteiger partial charge in [-0.15, -0.1) is 0 Å². The summed E-state index contributed by atoms with van der Waals surface area (Å²) in [4.78, 5) is 50.7. The molecule has 46 heavy (non-hydrogen) atoms. The van der Waals surface area contributed by atoms with Gasteiger partial charge in [-0.05, 0) is 75.1 Å². The molecule has 9 nitrogen and oxygen atoms in total. The summed E-state index contributed by atoms with van der Waals surface area (Å²) in [5.74, 6) is -0.377. The van der Waals surface area contributed by atoms with Crippen molar-refractivity contribution >= 4 is 35.1 Å². The first-order valence-electron chi connectivity index (χ1n) is 16.8. The summed E-state index contributed by atoms with van der Waals surface area (Å²) in [6.45, 7) is 15.2. The van der Waals surface area contributed by atoms with Crippen molar-refractivity contribution in [2.45, 2.75) is 59.0 Å². The Morgan fingerprint density at radius 1 is 0.978 bits per heavy atom. The number of carbonyl (C=O) groups is 3. The largest absolute Gasteiger partial charge is 0.358 e. The van der Waals surface area contributed by atoms with Crippen molar-refractivity contribution in [2.75, 3.05) is 51.1 Å². The van der Waals surface area contributed by atoms with Crippen LogP contribution in [-0.4, -0.2) is 89.3 Å². The minimum atomic E-state index is -0.232. The van der Waals surface area contributed by atoms with Gasteiger partial charge in [-0.2, -0.15) is 0 Å². The fraction of sp³-hybridized carbons (Fsp3) is 0.432. The van der Waals surface area contributed by atoms with Crippen molar-refractivity contribution in [2.24, 2.45) is 0 Å². The van der Waals surface area contributed by atoms with E-state index >= 15 is 0 Å². The van der Waals surface area contributed by atoms with Crippen LogP contribution in [0.25, 0.3) is 11.6 Å². The highest BCUT2D eigenvalue weighted by Crippen LogP contribution is 2.35. The molecule has 3 amide bonds. The minimum Gasteiger partial charge on any atom is -0.358 e. The Morgan fingerprint density at radius 3 is 2.37 bits per heavy atom. The molecule has 1 unspecified atom stereocenters. The number of amides is 3. The molecule has 2 fully saturated rings. The lowest BCUT2D eigenvalue weighted by Gasteiger charge is -2.42. The van der Waals surface area contributed by atoms with E-state index in [1.807, 2.05) is 62.1 Å². The third-order valence-corrected chi connectivity index (χ3v) is 10.1. The van der Waals surface area contributed by atoms with Gasteiger partial charge in [0, 0.05) is 73.5 Å². The second-order valence-electron chi connectivity index (χ2n) is 12.8. The average molecular weight is 623 g/mol. The number of hydrogen-bond donors (Lipinski definition) is 3. The number of aryl methyl sites for hydroxylation is 1. The van der Waals surface area contributed by atoms with E-state index in [-0.39, 0.29) is 23.8 Å². The van der Waals surface area contributed by atoms with E-state index in [4.69, 9.17) is 0 Å². The number of piperidine rings is 1. The predicted molar refractivity (Wildman–Crippen MR) is 183 cm³/mol. The molecule has 3 aromatic rings. The van der Waals surface area contributed by atoms with Crippen molar-refractivity contribution in [3.63, 3.8) is 0 Å². The molecule has 3 aliphatic heterocycles. The number of nitrogens with zero attached hydrogens (tertiary/aromatic N) is 3. The van der Waals surface area contributed by atoms with Crippen LogP contribution in [0.3, 0.4) is 0 Å². The zero-order valence-corrected chi connectivity index (χ0v) is 27.5. The van der Waals surface area contributed by atoms with Crippen LogP contribution in [0.15, 0.2) is 48.5 Å². The molecule has 2 aromatic carbocycles. The van der Waals surface area contributed by atoms with Gasteiger partial charge in [-0.1, -0.05) is 44.2 Å². The maximum atomic E-state index is 13.8. The number of aromatic nitrogens is 1. The van der Waals surface area contributed by atoms with Crippen molar-refractivity contribution < 1.29 is 14.4 Å². The first-order chi connectivity index (χ1) is 22.3. The van der Waals surface area contributed by atoms with E-state index in [0.717, 1.165) is 87.6 Å². The number of piperazine rings is 1. The lowest BCUT2D eigenvalue weighted by Crippen LogP contribution is -2.53. The number of hydrogen-bond acceptors (Lipinski definition) is 5. The number of H-pyrrole nitrogens is 1. The van der Waals surface area contributed by atoms with Gasteiger partial charge in [-0.3, -0.25) is 19.3 Å². The van der Waals surface area contributed by atoms with Gasteiger partial charge in [0.1, 0.15) is 0 Å². The summed E-state index contributed by atoms with van der Waals surface area (Å²) in [7, 11) is 0. The summed E-state index contributed by atoms with van der Waals surface area (Å²) in [5.41, 5.74) is 6.38. The summed E-state index contributed by atoms with van der Waals surface area (Å²) >= 11 is 0. The summed E-state index contributed by atoms with van der Waals surface area (Å²) in [6, 6.07) is 15.6. The monoisotopic (exact) mass is 622 g/mol. The number of anilines is 1. The van der Waals surface area contributed by atoms with Crippen molar-refractivity contribution in [1.29, 1.82) is 0 Å². The Labute approximate surface area is 272 Å². The Balaban J connectivity index is 1.17. The van der Waals surface area contributed by atoms with Crippen LogP contribution in [0.5, 0.6) is 0 Å². The zero-order valence-electron chi connectivity index (χ0n) is 27.5. The van der Waals surface area contributed by atoms with E-state index in [2.05, 4.69) is 32.3 Å². The molecule has 242 valence electrons. The van der Waals surface area contributed by atoms with Gasteiger partial charge in [0.15, 0.2) is 0 Å². The van der Waals surface area contributed by atoms with Gasteiger partial charge in [-0.25, -0.2) is 0 Å². The maximum absolute atomic E-state index is 13.8. The lowest BCUT2D eigenvalue weighted by atomic mass is 9.99. The van der Waals surface area contributed by atoms with E-state index in [0.29, 0.717) is 34.0 Å². The van der Waals surface area contributed by atoms with Gasteiger partial charge in [0.2, 0.25) is 0 Å². The number of rotatable bonds is 8. The molecule has 0 radical (unpaired) electrons. The van der Waals surface area contributed by atoms with Crippen LogP contribution < -0.4 is 10.6 Å². The van der Waals surface area contributed by atoms with E-state index in [9.17, 15) is 14.4 Å². The lowest BCUT2D eigenvalue weighted by molar-refractivity contribution is -0.110. The second-order valence-corrected chi connectivity index (χ2v) is 12.8. The SMILES string of the molecule is CCC(NC(=O)c1ccc2c(c1)C(=Cc1[nH]c(C)c(C(=O)N3CCC(N4CCN(CC)CC4)CC3)c1C)C(=O)N2)c1ccccc1. The molecule has 0 bridgehead atoms. The number of likely N-dealkylation sites (tertiary alicyclic amines) is 1. The molecular weight excluding hydrogens is 576 g/mol. The highest BCUT2D eigenvalue weighted by atomic mass is 16.2. The maximum Gasteiger partial charge on any atom is 0.256 e. The number of carbonyl (C=O) groups excluding carboxylic acids is 3. The molecule has 1 atom stereocenters. The predicted octanol–water partition coefficient (Wildman–Crippen LogP) is 5.25. The van der Waals surface area contributed by atoms with E-state index in [1.165, 1.54) is 0 Å². The molecule has 1 aromatic heterocycles. The summed E-state index contributed by atoms with van der Waals surface area (Å²) in [6.07, 6.45) is 4.55. The molecule has 0 spiro atoms. The molecule has 3 N–H and O–H groups in total. The van der Waals surface area contributed by atoms with Crippen LogP contribution in [0, 0.1) is 13.8 Å². The minimum absolute atomic E-state index is 0.0456. The van der Waals surface area contributed by atoms with Gasteiger partial charge in [0.05, 0.1) is 17.2 Å². The fourth-order valence-electron chi connectivity index (χ4n) is 7.24. The number of benzene rings is 2. The fourth-order valence-corrected chi connectivity index (χ4v) is 7.24. The molecule has 9 heteroatoms. The normalized spacial score (nSPS) is 19.3. The Morgan fingerprint density at radius 2 is 1.70 bits per heavy atom. The second kappa shape index (κ2) is 13.6. The van der Waals surface area contributed by atoms with Crippen LogP contribution in [0.1, 0.15) is 87.9 Å². The molecule has 2 saturated heterocycles. The standard InChI is InChI=1S/C37H46N6O3/c1-5-31(26-10-8-7-9-11-26)39-35(44)27-12-13-32-29(22-27)30(36(45)40-32)23-33-24(3)34(25(4)38-33)37(46)43-16-14-28(15-17-43)42-20-18-41(6-2)19-21-42/h7-13,22-23,28,31,38H,5-6,14-21H2,1-4H3,(H,39,44)(H,40,45). The first-order valence-corrected chi connectivity index (χ1v) is 16.8. The van der Waals surface area contributed by atoms with Crippen LogP contribution in [0.2, 0.25) is 0 Å². The van der Waals surface area contributed by atoms with Crippen molar-refractivity contribution in [1.82, 2.24) is 25.0 Å². The van der Waals surface area contributed by atoms with Crippen LogP contribution in [-0.2, 0) is 4.79 Å². The molecule has 3 aliphatic rings. The number of likely N-dealkylation sites (N-methyl/N-ethyl adjacent to an activating group) is 1. The van der Waals surface area contributed by atoms with Gasteiger partial charge in [0.25, 0.3) is 17.7 Å². The topological polar surface area (TPSA) is 101 Å². The van der Waals surface area contributed by atoms with Crippen LogP contribution >= 0.6 is 0 Å². The quantitative estimate of drug-likeness (QED) is 0.298. The van der Waals surface area contributed by atoms with Crippen molar-refractivity contribution in [3.8, 4) is 0 Å². The third-order valence-electron chi connectivity index (χ3n) is 10.1. The number of nitrogens with one attached hydrogen (secondary N) is 3. The molecular formula is C37H46N6O3. The summed E-state index contributed by atoms with van der Waals surface area (Å²) < 4.78 is 0. The first kappa shape index (κ1) is 31.8. The number of aromatic amines is 1. The highest BCUT2D eigenvalue weighted by Gasteiger charge is 2.32. The van der Waals surface area contributed by atoms with E-state index < -0.39 is 0 Å². The highest BCUT2D eigenvalue weighted by molar-refractivity contribution is 6.35. The Bertz CT molecular complexity index is 1630. The Hall–Kier alpha value is -4.21. The summed E-state index contributed by atoms with van der Waals surface area (Å²) in [5, 5.41) is 6.07.